The van der Waals surface area contributed by atoms with Gasteiger partial charge in [0.1, 0.15) is 0 Å². The van der Waals surface area contributed by atoms with Gasteiger partial charge in [0.2, 0.25) is 0 Å². The number of aromatic nitrogens is 1. The molecule has 1 heterocycles. The lowest BCUT2D eigenvalue weighted by Crippen LogP contribution is -2.13. The third-order valence-corrected chi connectivity index (χ3v) is 5.63. The van der Waals surface area contributed by atoms with Crippen LogP contribution in [-0.4, -0.2) is 11.5 Å². The average molecular weight is 280 g/mol. The minimum absolute atomic E-state index is 0.740. The fourth-order valence-electron chi connectivity index (χ4n) is 3.12. The maximum absolute atomic E-state index is 4.95. The molecule has 0 amide bonds. The third-order valence-electron chi connectivity index (χ3n) is 4.37. The zero-order valence-corrected chi connectivity index (χ0v) is 13.5. The molecule has 1 N–H and O–H groups in total. The zero-order chi connectivity index (χ0) is 13.7. The van der Waals surface area contributed by atoms with Crippen molar-refractivity contribution in [1.82, 2.24) is 10.3 Å². The molecule has 2 rings (SSSR count). The fraction of sp³-hybridized carbons (Fsp3) is 0.812. The highest BCUT2D eigenvalue weighted by atomic mass is 32.1. The molecule has 0 aromatic carbocycles. The second-order valence-corrected chi connectivity index (χ2v) is 6.81. The zero-order valence-electron chi connectivity index (χ0n) is 12.7. The largest absolute Gasteiger partial charge is 0.312 e. The first-order chi connectivity index (χ1) is 9.28. The second kappa shape index (κ2) is 7.39. The van der Waals surface area contributed by atoms with Gasteiger partial charge in [0, 0.05) is 17.3 Å². The van der Waals surface area contributed by atoms with Crippen LogP contribution in [0.4, 0.5) is 0 Å². The maximum Gasteiger partial charge on any atom is 0.0962 e. The van der Waals surface area contributed by atoms with Gasteiger partial charge in [0.05, 0.1) is 10.7 Å². The number of thiazole rings is 1. The molecule has 2 atom stereocenters. The highest BCUT2D eigenvalue weighted by Crippen LogP contribution is 2.39. The van der Waals surface area contributed by atoms with E-state index in [-0.39, 0.29) is 0 Å². The Bertz CT molecular complexity index is 386. The van der Waals surface area contributed by atoms with Crippen LogP contribution >= 0.6 is 11.3 Å². The first kappa shape index (κ1) is 15.0. The van der Waals surface area contributed by atoms with E-state index in [9.17, 15) is 0 Å². The Kier molecular flexibility index (Phi) is 5.83. The molecule has 1 saturated carbocycles. The molecule has 3 heteroatoms. The molecule has 1 aromatic heterocycles. The van der Waals surface area contributed by atoms with Gasteiger partial charge in [-0.1, -0.05) is 40.0 Å². The molecule has 0 spiro atoms. The predicted molar refractivity (Wildman–Crippen MR) is 83.9 cm³/mol. The van der Waals surface area contributed by atoms with Gasteiger partial charge in [0.15, 0.2) is 0 Å². The van der Waals surface area contributed by atoms with E-state index in [0.29, 0.717) is 0 Å². The van der Waals surface area contributed by atoms with Crippen LogP contribution in [0.3, 0.4) is 0 Å². The lowest BCUT2D eigenvalue weighted by molar-refractivity contribution is 0.314. The quantitative estimate of drug-likeness (QED) is 0.830. The molecule has 108 valence electrons. The molecule has 1 fully saturated rings. The summed E-state index contributed by atoms with van der Waals surface area (Å²) < 4.78 is 0. The van der Waals surface area contributed by atoms with E-state index in [1.54, 1.807) is 0 Å². The maximum atomic E-state index is 4.95. The van der Waals surface area contributed by atoms with Gasteiger partial charge >= 0.3 is 0 Å². The Morgan fingerprint density at radius 1 is 1.26 bits per heavy atom. The molecule has 0 bridgehead atoms. The minimum Gasteiger partial charge on any atom is -0.312 e. The van der Waals surface area contributed by atoms with Gasteiger partial charge in [-0.15, -0.1) is 11.3 Å². The molecular formula is C16H28N2S. The summed E-state index contributed by atoms with van der Waals surface area (Å²) >= 11 is 1.97. The second-order valence-electron chi connectivity index (χ2n) is 5.69. The summed E-state index contributed by atoms with van der Waals surface area (Å²) in [5.74, 6) is 1.68. The van der Waals surface area contributed by atoms with Crippen molar-refractivity contribution in [2.75, 3.05) is 6.54 Å². The summed E-state index contributed by atoms with van der Waals surface area (Å²) in [6.45, 7) is 8.77. The van der Waals surface area contributed by atoms with Crippen molar-refractivity contribution in [2.24, 2.45) is 5.92 Å². The first-order valence-electron chi connectivity index (χ1n) is 7.97. The Hall–Kier alpha value is -0.410. The van der Waals surface area contributed by atoms with Crippen LogP contribution in [0.2, 0.25) is 0 Å². The predicted octanol–water partition coefficient (Wildman–Crippen LogP) is 4.50. The molecule has 19 heavy (non-hydrogen) atoms. The highest BCUT2D eigenvalue weighted by molar-refractivity contribution is 7.11. The van der Waals surface area contributed by atoms with E-state index < -0.39 is 0 Å². The van der Waals surface area contributed by atoms with E-state index >= 15 is 0 Å². The SMILES string of the molecule is CCNCc1sc(C2CCCC(CC)C2)nc1CC. The molecule has 1 aliphatic rings. The number of aryl methyl sites for hydroxylation is 1. The standard InChI is InChI=1S/C16H28N2S/c1-4-12-8-7-9-13(10-12)16-18-14(5-2)15(19-16)11-17-6-3/h12-13,17H,4-11H2,1-3H3. The van der Waals surface area contributed by atoms with Gasteiger partial charge in [-0.25, -0.2) is 4.98 Å². The number of rotatable bonds is 6. The number of hydrogen-bond donors (Lipinski definition) is 1. The minimum atomic E-state index is 0.740. The first-order valence-corrected chi connectivity index (χ1v) is 8.79. The Morgan fingerprint density at radius 2 is 2.11 bits per heavy atom. The van der Waals surface area contributed by atoms with Gasteiger partial charge < -0.3 is 5.32 Å². The van der Waals surface area contributed by atoms with E-state index in [1.165, 1.54) is 47.7 Å². The highest BCUT2D eigenvalue weighted by Gasteiger charge is 2.25. The summed E-state index contributed by atoms with van der Waals surface area (Å²) in [7, 11) is 0. The van der Waals surface area contributed by atoms with E-state index in [1.807, 2.05) is 11.3 Å². The van der Waals surface area contributed by atoms with E-state index in [0.717, 1.165) is 31.3 Å². The van der Waals surface area contributed by atoms with Crippen LogP contribution in [0.15, 0.2) is 0 Å². The molecule has 2 unspecified atom stereocenters. The summed E-state index contributed by atoms with van der Waals surface area (Å²) in [6.07, 6.45) is 7.96. The summed E-state index contributed by atoms with van der Waals surface area (Å²) in [5.41, 5.74) is 1.33. The van der Waals surface area contributed by atoms with Crippen molar-refractivity contribution in [1.29, 1.82) is 0 Å². The van der Waals surface area contributed by atoms with Crippen LogP contribution < -0.4 is 5.32 Å². The van der Waals surface area contributed by atoms with Gasteiger partial charge in [-0.3, -0.25) is 0 Å². The smallest absolute Gasteiger partial charge is 0.0962 e. The monoisotopic (exact) mass is 280 g/mol. The number of hydrogen-bond acceptors (Lipinski definition) is 3. The molecule has 0 radical (unpaired) electrons. The van der Waals surface area contributed by atoms with Crippen LogP contribution in [-0.2, 0) is 13.0 Å². The third kappa shape index (κ3) is 3.79. The molecule has 1 aliphatic carbocycles. The Balaban J connectivity index is 2.08. The fourth-order valence-corrected chi connectivity index (χ4v) is 4.39. The molecule has 0 saturated heterocycles. The van der Waals surface area contributed by atoms with Gasteiger partial charge in [0.25, 0.3) is 0 Å². The van der Waals surface area contributed by atoms with Gasteiger partial charge in [-0.2, -0.15) is 0 Å². The Morgan fingerprint density at radius 3 is 2.79 bits per heavy atom. The van der Waals surface area contributed by atoms with Crippen LogP contribution in [0.25, 0.3) is 0 Å². The molecular weight excluding hydrogens is 252 g/mol. The van der Waals surface area contributed by atoms with Crippen molar-refractivity contribution in [3.63, 3.8) is 0 Å². The molecule has 2 nitrogen and oxygen atoms in total. The number of nitrogens with one attached hydrogen (secondary N) is 1. The van der Waals surface area contributed by atoms with Crippen molar-refractivity contribution >= 4 is 11.3 Å². The topological polar surface area (TPSA) is 24.9 Å². The van der Waals surface area contributed by atoms with E-state index in [4.69, 9.17) is 4.98 Å². The van der Waals surface area contributed by atoms with Crippen molar-refractivity contribution < 1.29 is 0 Å². The van der Waals surface area contributed by atoms with Crippen molar-refractivity contribution in [3.8, 4) is 0 Å². The lowest BCUT2D eigenvalue weighted by Gasteiger charge is -2.26. The van der Waals surface area contributed by atoms with Crippen molar-refractivity contribution in [2.45, 2.75) is 71.8 Å². The summed E-state index contributed by atoms with van der Waals surface area (Å²) in [5, 5.41) is 4.87. The lowest BCUT2D eigenvalue weighted by atomic mass is 9.80. The van der Waals surface area contributed by atoms with Crippen LogP contribution in [0.1, 0.15) is 74.4 Å². The number of nitrogens with zero attached hydrogens (tertiary/aromatic N) is 1. The normalized spacial score (nSPS) is 23.7. The molecule has 0 aliphatic heterocycles. The summed E-state index contributed by atoms with van der Waals surface area (Å²) in [6, 6.07) is 0. The van der Waals surface area contributed by atoms with Crippen molar-refractivity contribution in [3.05, 3.63) is 15.6 Å². The summed E-state index contributed by atoms with van der Waals surface area (Å²) in [4.78, 5) is 6.42. The van der Waals surface area contributed by atoms with Gasteiger partial charge in [-0.05, 0) is 31.7 Å². The van der Waals surface area contributed by atoms with Crippen LogP contribution in [0.5, 0.6) is 0 Å². The Labute approximate surface area is 122 Å². The molecule has 1 aromatic rings. The van der Waals surface area contributed by atoms with E-state index in [2.05, 4.69) is 26.1 Å². The average Bonchev–Trinajstić information content (AvgIpc) is 2.88. The van der Waals surface area contributed by atoms with Crippen LogP contribution in [0, 0.1) is 5.92 Å².